The fourth-order valence-electron chi connectivity index (χ4n) is 2.58. The standard InChI is InChI=1S/C19H22N2O7S/c1-25-15-6-5-12(7-14(15)21(23)24)10-29-11-18(22)20-13-8-16(26-2)19(28-4)17(9-13)27-3/h5-9H,10-11H2,1-4H3,(H,20,22). The maximum absolute atomic E-state index is 12.3. The number of nitrogens with one attached hydrogen (secondary N) is 1. The first-order chi connectivity index (χ1) is 13.9. The number of nitrogens with zero attached hydrogens (tertiary/aromatic N) is 1. The molecule has 0 unspecified atom stereocenters. The average Bonchev–Trinajstić information content (AvgIpc) is 2.72. The molecule has 0 bridgehead atoms. The third kappa shape index (κ3) is 5.67. The number of anilines is 1. The number of carbonyl (C=O) groups is 1. The summed E-state index contributed by atoms with van der Waals surface area (Å²) in [6, 6.07) is 8.00. The summed E-state index contributed by atoms with van der Waals surface area (Å²) in [5.74, 6) is 1.87. The van der Waals surface area contributed by atoms with Gasteiger partial charge in [0.05, 0.1) is 39.1 Å². The average molecular weight is 422 g/mol. The number of hydrogen-bond acceptors (Lipinski definition) is 8. The lowest BCUT2D eigenvalue weighted by molar-refractivity contribution is -0.385. The molecule has 2 aromatic rings. The normalized spacial score (nSPS) is 10.2. The summed E-state index contributed by atoms with van der Waals surface area (Å²) in [7, 11) is 5.86. The molecule has 0 aliphatic carbocycles. The van der Waals surface area contributed by atoms with Crippen molar-refractivity contribution in [1.29, 1.82) is 0 Å². The number of methoxy groups -OCH3 is 4. The number of nitro groups is 1. The van der Waals surface area contributed by atoms with Crippen molar-refractivity contribution in [3.63, 3.8) is 0 Å². The van der Waals surface area contributed by atoms with Crippen LogP contribution in [0.5, 0.6) is 23.0 Å². The summed E-state index contributed by atoms with van der Waals surface area (Å²) >= 11 is 1.33. The van der Waals surface area contributed by atoms with Gasteiger partial charge >= 0.3 is 5.69 Å². The molecule has 1 amide bonds. The van der Waals surface area contributed by atoms with E-state index in [-0.39, 0.29) is 23.1 Å². The minimum absolute atomic E-state index is 0.104. The number of amides is 1. The van der Waals surface area contributed by atoms with E-state index in [0.29, 0.717) is 28.7 Å². The Labute approximate surface area is 172 Å². The van der Waals surface area contributed by atoms with Gasteiger partial charge in [-0.2, -0.15) is 0 Å². The molecule has 9 nitrogen and oxygen atoms in total. The lowest BCUT2D eigenvalue weighted by Crippen LogP contribution is -2.14. The van der Waals surface area contributed by atoms with Gasteiger partial charge in [-0.3, -0.25) is 14.9 Å². The summed E-state index contributed by atoms with van der Waals surface area (Å²) in [6.07, 6.45) is 0. The van der Waals surface area contributed by atoms with E-state index in [2.05, 4.69) is 5.32 Å². The van der Waals surface area contributed by atoms with Gasteiger partial charge in [0.2, 0.25) is 11.7 Å². The van der Waals surface area contributed by atoms with Crippen LogP contribution in [0.3, 0.4) is 0 Å². The van der Waals surface area contributed by atoms with E-state index in [1.165, 1.54) is 46.3 Å². The number of benzene rings is 2. The van der Waals surface area contributed by atoms with Crippen LogP contribution in [0.1, 0.15) is 5.56 Å². The van der Waals surface area contributed by atoms with Crippen LogP contribution in [0.15, 0.2) is 30.3 Å². The second kappa shape index (κ2) is 10.4. The lowest BCUT2D eigenvalue weighted by atomic mass is 10.2. The number of ether oxygens (including phenoxy) is 4. The summed E-state index contributed by atoms with van der Waals surface area (Å²) in [5.41, 5.74) is 1.13. The van der Waals surface area contributed by atoms with Gasteiger partial charge in [-0.05, 0) is 11.6 Å². The second-order valence-electron chi connectivity index (χ2n) is 5.72. The van der Waals surface area contributed by atoms with Crippen molar-refractivity contribution in [2.75, 3.05) is 39.5 Å². The van der Waals surface area contributed by atoms with Crippen LogP contribution >= 0.6 is 11.8 Å². The van der Waals surface area contributed by atoms with Gasteiger partial charge in [-0.1, -0.05) is 6.07 Å². The van der Waals surface area contributed by atoms with Crippen molar-refractivity contribution in [3.8, 4) is 23.0 Å². The molecular formula is C19H22N2O7S. The maximum atomic E-state index is 12.3. The van der Waals surface area contributed by atoms with Crippen LogP contribution in [0.4, 0.5) is 11.4 Å². The first-order valence-electron chi connectivity index (χ1n) is 8.42. The summed E-state index contributed by atoms with van der Waals surface area (Å²) in [6.45, 7) is 0. The Morgan fingerprint density at radius 2 is 1.62 bits per heavy atom. The number of hydrogen-bond donors (Lipinski definition) is 1. The Kier molecular flexibility index (Phi) is 7.96. The maximum Gasteiger partial charge on any atom is 0.311 e. The first-order valence-corrected chi connectivity index (χ1v) is 9.57. The van der Waals surface area contributed by atoms with Crippen molar-refractivity contribution in [2.24, 2.45) is 0 Å². The monoisotopic (exact) mass is 422 g/mol. The summed E-state index contributed by atoms with van der Waals surface area (Å²) in [4.78, 5) is 22.9. The van der Waals surface area contributed by atoms with Gasteiger partial charge in [0.1, 0.15) is 0 Å². The highest BCUT2D eigenvalue weighted by Crippen LogP contribution is 2.40. The highest BCUT2D eigenvalue weighted by atomic mass is 32.2. The zero-order valence-corrected chi connectivity index (χ0v) is 17.3. The van der Waals surface area contributed by atoms with E-state index >= 15 is 0 Å². The molecule has 0 aliphatic heterocycles. The van der Waals surface area contributed by atoms with Crippen LogP contribution in [0.25, 0.3) is 0 Å². The van der Waals surface area contributed by atoms with Crippen molar-refractivity contribution in [3.05, 3.63) is 46.0 Å². The molecular weight excluding hydrogens is 400 g/mol. The number of nitro benzene ring substituents is 1. The molecule has 0 saturated carbocycles. The zero-order valence-electron chi connectivity index (χ0n) is 16.5. The van der Waals surface area contributed by atoms with Crippen LogP contribution in [-0.4, -0.2) is 45.0 Å². The zero-order chi connectivity index (χ0) is 21.4. The quantitative estimate of drug-likeness (QED) is 0.458. The fourth-order valence-corrected chi connectivity index (χ4v) is 3.35. The SMILES string of the molecule is COc1ccc(CSCC(=O)Nc2cc(OC)c(OC)c(OC)c2)cc1[N+](=O)[O-]. The van der Waals surface area contributed by atoms with Gasteiger partial charge in [-0.15, -0.1) is 11.8 Å². The third-order valence-corrected chi connectivity index (χ3v) is 4.89. The van der Waals surface area contributed by atoms with E-state index in [0.717, 1.165) is 5.56 Å². The van der Waals surface area contributed by atoms with Gasteiger partial charge in [0, 0.05) is 29.6 Å². The number of rotatable bonds is 10. The van der Waals surface area contributed by atoms with Crippen LogP contribution in [0, 0.1) is 10.1 Å². The van der Waals surface area contributed by atoms with Crippen LogP contribution in [-0.2, 0) is 10.5 Å². The van der Waals surface area contributed by atoms with Gasteiger partial charge in [0.25, 0.3) is 0 Å². The number of thioether (sulfide) groups is 1. The largest absolute Gasteiger partial charge is 0.493 e. The topological polar surface area (TPSA) is 109 Å². The Balaban J connectivity index is 1.99. The molecule has 29 heavy (non-hydrogen) atoms. The molecule has 10 heteroatoms. The predicted octanol–water partition coefficient (Wildman–Crippen LogP) is 3.50. The molecule has 156 valence electrons. The minimum Gasteiger partial charge on any atom is -0.493 e. The Bertz CT molecular complexity index is 864. The second-order valence-corrected chi connectivity index (χ2v) is 6.70. The molecule has 0 heterocycles. The van der Waals surface area contributed by atoms with Crippen LogP contribution in [0.2, 0.25) is 0 Å². The molecule has 2 aromatic carbocycles. The molecule has 0 spiro atoms. The van der Waals surface area contributed by atoms with Crippen molar-refractivity contribution in [2.45, 2.75) is 5.75 Å². The highest BCUT2D eigenvalue weighted by molar-refractivity contribution is 7.99. The fraction of sp³-hybridized carbons (Fsp3) is 0.316. The van der Waals surface area contributed by atoms with Crippen molar-refractivity contribution in [1.82, 2.24) is 0 Å². The van der Waals surface area contributed by atoms with Crippen LogP contribution < -0.4 is 24.3 Å². The summed E-state index contributed by atoms with van der Waals surface area (Å²) in [5, 5.41) is 13.9. The first kappa shape index (κ1) is 22.2. The van der Waals surface area contributed by atoms with Gasteiger partial charge in [0.15, 0.2) is 17.2 Å². The Morgan fingerprint density at radius 1 is 1.00 bits per heavy atom. The minimum atomic E-state index is -0.496. The number of carbonyl (C=O) groups excluding carboxylic acids is 1. The van der Waals surface area contributed by atoms with E-state index in [4.69, 9.17) is 18.9 Å². The lowest BCUT2D eigenvalue weighted by Gasteiger charge is -2.14. The molecule has 0 radical (unpaired) electrons. The molecule has 0 fully saturated rings. The van der Waals surface area contributed by atoms with Gasteiger partial charge < -0.3 is 24.3 Å². The van der Waals surface area contributed by atoms with Crippen molar-refractivity contribution < 1.29 is 28.7 Å². The molecule has 2 rings (SSSR count). The van der Waals surface area contributed by atoms with E-state index in [9.17, 15) is 14.9 Å². The van der Waals surface area contributed by atoms with Crippen molar-refractivity contribution >= 4 is 29.0 Å². The Morgan fingerprint density at radius 3 is 2.14 bits per heavy atom. The van der Waals surface area contributed by atoms with E-state index < -0.39 is 4.92 Å². The highest BCUT2D eigenvalue weighted by Gasteiger charge is 2.16. The molecule has 0 aliphatic rings. The van der Waals surface area contributed by atoms with E-state index in [1.807, 2.05) is 0 Å². The smallest absolute Gasteiger partial charge is 0.311 e. The molecule has 0 aromatic heterocycles. The predicted molar refractivity (Wildman–Crippen MR) is 111 cm³/mol. The van der Waals surface area contributed by atoms with Gasteiger partial charge in [-0.25, -0.2) is 0 Å². The molecule has 0 saturated heterocycles. The molecule has 0 atom stereocenters. The van der Waals surface area contributed by atoms with E-state index in [1.54, 1.807) is 24.3 Å². The summed E-state index contributed by atoms with van der Waals surface area (Å²) < 4.78 is 20.8. The molecule has 1 N–H and O–H groups in total. The third-order valence-electron chi connectivity index (χ3n) is 3.89. The Hall–Kier alpha value is -3.14.